The molecule has 0 bridgehead atoms. The van der Waals surface area contributed by atoms with Crippen molar-refractivity contribution in [1.29, 1.82) is 0 Å². The van der Waals surface area contributed by atoms with Gasteiger partial charge in [-0.05, 0) is 57.9 Å². The lowest BCUT2D eigenvalue weighted by atomic mass is 9.99. The van der Waals surface area contributed by atoms with E-state index in [1.54, 1.807) is 11.3 Å². The Labute approximate surface area is 158 Å². The maximum Gasteiger partial charge on any atom is 0.236 e. The second kappa shape index (κ2) is 7.76. The van der Waals surface area contributed by atoms with Crippen molar-refractivity contribution in [2.75, 3.05) is 6.54 Å². The van der Waals surface area contributed by atoms with Gasteiger partial charge in [0.25, 0.3) is 0 Å². The highest BCUT2D eigenvalue weighted by Crippen LogP contribution is 2.30. The summed E-state index contributed by atoms with van der Waals surface area (Å²) in [6, 6.07) is 6.81. The number of aryl methyl sites for hydroxylation is 3. The first-order valence-corrected chi connectivity index (χ1v) is 10.3. The van der Waals surface area contributed by atoms with E-state index in [0.29, 0.717) is 6.04 Å². The van der Waals surface area contributed by atoms with Crippen molar-refractivity contribution < 1.29 is 4.42 Å². The van der Waals surface area contributed by atoms with Crippen molar-refractivity contribution in [2.24, 2.45) is 0 Å². The van der Waals surface area contributed by atoms with E-state index in [-0.39, 0.29) is 0 Å². The van der Waals surface area contributed by atoms with E-state index >= 15 is 0 Å². The minimum Gasteiger partial charge on any atom is -0.440 e. The quantitative estimate of drug-likeness (QED) is 0.633. The van der Waals surface area contributed by atoms with Crippen molar-refractivity contribution in [2.45, 2.75) is 58.7 Å². The molecule has 1 atom stereocenters. The molecule has 5 nitrogen and oxygen atoms in total. The van der Waals surface area contributed by atoms with Gasteiger partial charge in [-0.25, -0.2) is 4.98 Å². The molecule has 1 saturated heterocycles. The molecule has 1 aliphatic rings. The van der Waals surface area contributed by atoms with Crippen LogP contribution in [0.2, 0.25) is 0 Å². The summed E-state index contributed by atoms with van der Waals surface area (Å²) in [5.74, 6) is 1.71. The number of hydrogen-bond acceptors (Lipinski definition) is 5. The fourth-order valence-electron chi connectivity index (χ4n) is 3.73. The molecule has 6 heteroatoms. The average Bonchev–Trinajstić information content (AvgIpc) is 3.37. The summed E-state index contributed by atoms with van der Waals surface area (Å²) in [6.45, 7) is 7.15. The van der Waals surface area contributed by atoms with Crippen molar-refractivity contribution in [3.8, 4) is 10.8 Å². The van der Waals surface area contributed by atoms with Gasteiger partial charge in [-0.2, -0.15) is 5.10 Å². The molecule has 0 aromatic carbocycles. The largest absolute Gasteiger partial charge is 0.440 e. The van der Waals surface area contributed by atoms with Gasteiger partial charge in [-0.3, -0.25) is 9.58 Å². The van der Waals surface area contributed by atoms with Crippen LogP contribution in [0.5, 0.6) is 0 Å². The molecule has 1 aliphatic heterocycles. The molecule has 0 unspecified atom stereocenters. The second-order valence-corrected chi connectivity index (χ2v) is 8.40. The van der Waals surface area contributed by atoms with Crippen LogP contribution in [0.4, 0.5) is 0 Å². The van der Waals surface area contributed by atoms with Gasteiger partial charge in [0.2, 0.25) is 5.89 Å². The summed E-state index contributed by atoms with van der Waals surface area (Å²) >= 11 is 1.74. The van der Waals surface area contributed by atoms with Gasteiger partial charge in [0.15, 0.2) is 0 Å². The summed E-state index contributed by atoms with van der Waals surface area (Å²) in [4.78, 5) is 9.80. The third kappa shape index (κ3) is 3.91. The van der Waals surface area contributed by atoms with Crippen molar-refractivity contribution in [1.82, 2.24) is 19.7 Å². The van der Waals surface area contributed by atoms with E-state index in [1.807, 2.05) is 30.1 Å². The predicted molar refractivity (Wildman–Crippen MR) is 104 cm³/mol. The van der Waals surface area contributed by atoms with Crippen LogP contribution in [0.1, 0.15) is 42.0 Å². The summed E-state index contributed by atoms with van der Waals surface area (Å²) in [7, 11) is 0. The van der Waals surface area contributed by atoms with Crippen LogP contribution in [0.25, 0.3) is 10.8 Å². The lowest BCUT2D eigenvalue weighted by Gasteiger charge is -2.35. The highest BCUT2D eigenvalue weighted by Gasteiger charge is 2.24. The topological polar surface area (TPSA) is 47.1 Å². The summed E-state index contributed by atoms with van der Waals surface area (Å²) in [5.41, 5.74) is 1.08. The first-order chi connectivity index (χ1) is 12.7. The molecule has 138 valence electrons. The minimum atomic E-state index is 0.594. The lowest BCUT2D eigenvalue weighted by molar-refractivity contribution is 0.125. The number of piperidine rings is 1. The van der Waals surface area contributed by atoms with Gasteiger partial charge < -0.3 is 4.42 Å². The Bertz CT molecular complexity index is 836. The zero-order chi connectivity index (χ0) is 17.9. The fourth-order valence-corrected chi connectivity index (χ4v) is 4.52. The Morgan fingerprint density at radius 2 is 2.19 bits per heavy atom. The Hall–Kier alpha value is -1.92. The number of likely N-dealkylation sites (tertiary alicyclic amines) is 1. The Morgan fingerprint density at radius 3 is 2.96 bits per heavy atom. The van der Waals surface area contributed by atoms with E-state index in [4.69, 9.17) is 9.40 Å². The van der Waals surface area contributed by atoms with Gasteiger partial charge in [-0.15, -0.1) is 11.3 Å². The molecule has 3 aromatic rings. The molecule has 0 saturated carbocycles. The van der Waals surface area contributed by atoms with E-state index in [1.165, 1.54) is 24.1 Å². The lowest BCUT2D eigenvalue weighted by Crippen LogP contribution is -2.39. The van der Waals surface area contributed by atoms with Crippen LogP contribution >= 0.6 is 11.3 Å². The number of oxazole rings is 1. The molecule has 0 radical (unpaired) electrons. The predicted octanol–water partition coefficient (Wildman–Crippen LogP) is 4.66. The number of thiophene rings is 1. The van der Waals surface area contributed by atoms with Crippen LogP contribution in [-0.2, 0) is 13.1 Å². The average molecular weight is 371 g/mol. The van der Waals surface area contributed by atoms with E-state index in [0.717, 1.165) is 48.3 Å². The van der Waals surface area contributed by atoms with Gasteiger partial charge in [0.1, 0.15) is 5.76 Å². The highest BCUT2D eigenvalue weighted by molar-refractivity contribution is 7.15. The normalized spacial score (nSPS) is 18.5. The van der Waals surface area contributed by atoms with Crippen LogP contribution in [-0.4, -0.2) is 32.3 Å². The number of nitrogens with zero attached hydrogens (tertiary/aromatic N) is 4. The van der Waals surface area contributed by atoms with E-state index < -0.39 is 0 Å². The number of hydrogen-bond donors (Lipinski definition) is 0. The van der Waals surface area contributed by atoms with Crippen LogP contribution in [0.15, 0.2) is 35.0 Å². The third-order valence-electron chi connectivity index (χ3n) is 5.20. The van der Waals surface area contributed by atoms with Crippen LogP contribution in [0, 0.1) is 13.8 Å². The Kier molecular flexibility index (Phi) is 5.22. The maximum absolute atomic E-state index is 5.97. The molecule has 4 heterocycles. The number of aromatic nitrogens is 3. The first kappa shape index (κ1) is 17.5. The first-order valence-electron chi connectivity index (χ1n) is 9.43. The fraction of sp³-hybridized carbons (Fsp3) is 0.500. The van der Waals surface area contributed by atoms with Gasteiger partial charge in [0.05, 0.1) is 10.6 Å². The molecular formula is C20H26N4OS. The number of rotatable bonds is 6. The monoisotopic (exact) mass is 370 g/mol. The van der Waals surface area contributed by atoms with Gasteiger partial charge in [-0.1, -0.05) is 6.42 Å². The molecule has 4 rings (SSSR count). The minimum absolute atomic E-state index is 0.594. The van der Waals surface area contributed by atoms with Gasteiger partial charge >= 0.3 is 0 Å². The van der Waals surface area contributed by atoms with E-state index in [9.17, 15) is 0 Å². The second-order valence-electron chi connectivity index (χ2n) is 7.11. The van der Waals surface area contributed by atoms with Gasteiger partial charge in [0, 0.05) is 36.4 Å². The van der Waals surface area contributed by atoms with Crippen molar-refractivity contribution in [3.05, 3.63) is 46.9 Å². The van der Waals surface area contributed by atoms with Crippen molar-refractivity contribution >= 4 is 11.3 Å². The zero-order valence-corrected chi connectivity index (χ0v) is 16.3. The van der Waals surface area contributed by atoms with E-state index in [2.05, 4.69) is 29.1 Å². The van der Waals surface area contributed by atoms with Crippen LogP contribution < -0.4 is 0 Å². The summed E-state index contributed by atoms with van der Waals surface area (Å²) in [5, 5.41) is 4.33. The molecule has 0 spiro atoms. The molecule has 0 amide bonds. The molecule has 1 fully saturated rings. The van der Waals surface area contributed by atoms with Crippen LogP contribution in [0.3, 0.4) is 0 Å². The maximum atomic E-state index is 5.97. The smallest absolute Gasteiger partial charge is 0.236 e. The Balaban J connectivity index is 1.45. The molecule has 0 N–H and O–H groups in total. The summed E-state index contributed by atoms with van der Waals surface area (Å²) in [6.07, 6.45) is 8.88. The Morgan fingerprint density at radius 1 is 1.27 bits per heavy atom. The standard InChI is InChI=1S/C20H26N4OS/c1-15-7-8-19(26-15)20-22-18(16(2)25-20)14-23-11-4-3-6-17(23)9-13-24-12-5-10-21-24/h5,7-8,10,12,17H,3-4,6,9,11,13-14H2,1-2H3/t17-/m1/s1. The highest BCUT2D eigenvalue weighted by atomic mass is 32.1. The third-order valence-corrected chi connectivity index (χ3v) is 6.19. The molecule has 26 heavy (non-hydrogen) atoms. The zero-order valence-electron chi connectivity index (χ0n) is 15.5. The van der Waals surface area contributed by atoms with Crippen molar-refractivity contribution in [3.63, 3.8) is 0 Å². The molecular weight excluding hydrogens is 344 g/mol. The SMILES string of the molecule is Cc1ccc(-c2nc(CN3CCCC[C@@H]3CCn3cccn3)c(C)o2)s1. The molecule has 3 aromatic heterocycles. The molecule has 0 aliphatic carbocycles. The summed E-state index contributed by atoms with van der Waals surface area (Å²) < 4.78 is 8.00.